The molecule has 0 heterocycles. The van der Waals surface area contributed by atoms with Crippen molar-refractivity contribution in [2.45, 2.75) is 11.2 Å². The highest BCUT2D eigenvalue weighted by Crippen LogP contribution is 2.53. The first kappa shape index (κ1) is 28.4. The number of rotatable bonds is 4. The van der Waals surface area contributed by atoms with Gasteiger partial charge in [0.1, 0.15) is 11.2 Å². The Morgan fingerprint density at radius 2 is 0.562 bits per heavy atom. The minimum Gasteiger partial charge on any atom is -0.376 e. The van der Waals surface area contributed by atoms with Gasteiger partial charge in [-0.25, -0.2) is 0 Å². The zero-order valence-electron chi connectivity index (χ0n) is 26.2. The molecule has 48 heavy (non-hydrogen) atoms. The Labute approximate surface area is 279 Å². The first-order valence-corrected chi connectivity index (χ1v) is 16.4. The Kier molecular flexibility index (Phi) is 6.45. The van der Waals surface area contributed by atoms with Crippen LogP contribution in [0.4, 0.5) is 0 Å². The normalized spacial score (nSPS) is 18.4. The van der Waals surface area contributed by atoms with E-state index in [4.69, 9.17) is 0 Å². The summed E-state index contributed by atoms with van der Waals surface area (Å²) in [5.74, 6) is 0. The predicted molar refractivity (Wildman–Crippen MR) is 196 cm³/mol. The van der Waals surface area contributed by atoms with Gasteiger partial charge in [0.15, 0.2) is 0 Å². The summed E-state index contributed by atoms with van der Waals surface area (Å²) in [6.45, 7) is 0. The summed E-state index contributed by atoms with van der Waals surface area (Å²) in [5, 5.41) is 30.6. The van der Waals surface area contributed by atoms with Crippen LogP contribution in [0.15, 0.2) is 182 Å². The second kappa shape index (κ2) is 10.9. The highest BCUT2D eigenvalue weighted by molar-refractivity contribution is 5.88. The summed E-state index contributed by atoms with van der Waals surface area (Å²) in [6, 6.07) is 61.6. The van der Waals surface area contributed by atoms with Gasteiger partial charge in [0.2, 0.25) is 0 Å². The van der Waals surface area contributed by atoms with Crippen molar-refractivity contribution < 1.29 is 10.2 Å². The summed E-state index contributed by atoms with van der Waals surface area (Å²) in [6.07, 6.45) is 0. The highest BCUT2D eigenvalue weighted by Gasteiger charge is 2.50. The maximum Gasteiger partial charge on any atom is 0.141 e. The lowest BCUT2D eigenvalue weighted by atomic mass is 9.63. The Bertz CT molecular complexity index is 2250. The van der Waals surface area contributed by atoms with Crippen LogP contribution >= 0.6 is 0 Å². The fourth-order valence-corrected chi connectivity index (χ4v) is 7.69. The van der Waals surface area contributed by atoms with E-state index in [-0.39, 0.29) is 0 Å². The first-order valence-electron chi connectivity index (χ1n) is 16.4. The van der Waals surface area contributed by atoms with E-state index in [1.54, 1.807) is 0 Å². The molecule has 0 amide bonds. The van der Waals surface area contributed by atoms with Gasteiger partial charge in [0.05, 0.1) is 0 Å². The van der Waals surface area contributed by atoms with E-state index in [1.807, 2.05) is 72.8 Å². The SMILES string of the molecule is OC1(c2ccc(-c3ccc4ccccc4c3)cc2)c2ccccc2C(O)(c2ccc(-c3ccc4ccccc4c3)cc2)c2ccccc21. The van der Waals surface area contributed by atoms with Crippen molar-refractivity contribution in [3.8, 4) is 22.3 Å². The van der Waals surface area contributed by atoms with Crippen LogP contribution in [-0.2, 0) is 11.2 Å². The van der Waals surface area contributed by atoms with Gasteiger partial charge in [-0.3, -0.25) is 0 Å². The van der Waals surface area contributed by atoms with Crippen LogP contribution in [0.5, 0.6) is 0 Å². The molecule has 9 rings (SSSR count). The Hall–Kier alpha value is -5.80. The van der Waals surface area contributed by atoms with Crippen LogP contribution < -0.4 is 0 Å². The van der Waals surface area contributed by atoms with E-state index in [2.05, 4.69) is 109 Å². The number of fused-ring (bicyclic) bond motifs is 4. The summed E-state index contributed by atoms with van der Waals surface area (Å²) in [4.78, 5) is 0. The van der Waals surface area contributed by atoms with Crippen molar-refractivity contribution in [3.63, 3.8) is 0 Å². The second-order valence-corrected chi connectivity index (χ2v) is 12.8. The quantitative estimate of drug-likeness (QED) is 0.207. The third-order valence-electron chi connectivity index (χ3n) is 10.2. The van der Waals surface area contributed by atoms with Crippen molar-refractivity contribution in [3.05, 3.63) is 215 Å². The lowest BCUT2D eigenvalue weighted by Crippen LogP contribution is -2.44. The molecule has 2 N–H and O–H groups in total. The van der Waals surface area contributed by atoms with Crippen LogP contribution in [0.1, 0.15) is 33.4 Å². The molecule has 0 bridgehead atoms. The third-order valence-corrected chi connectivity index (χ3v) is 10.2. The zero-order valence-corrected chi connectivity index (χ0v) is 26.2. The van der Waals surface area contributed by atoms with Crippen LogP contribution in [-0.4, -0.2) is 10.2 Å². The Balaban J connectivity index is 1.14. The van der Waals surface area contributed by atoms with E-state index in [1.165, 1.54) is 21.5 Å². The topological polar surface area (TPSA) is 40.5 Å². The van der Waals surface area contributed by atoms with Gasteiger partial charge in [-0.15, -0.1) is 0 Å². The molecule has 228 valence electrons. The molecule has 8 aromatic carbocycles. The molecule has 0 fully saturated rings. The summed E-state index contributed by atoms with van der Waals surface area (Å²) < 4.78 is 0. The Morgan fingerprint density at radius 1 is 0.271 bits per heavy atom. The number of benzene rings is 8. The van der Waals surface area contributed by atoms with Crippen molar-refractivity contribution in [1.82, 2.24) is 0 Å². The molecule has 0 aliphatic heterocycles. The molecule has 0 radical (unpaired) electrons. The van der Waals surface area contributed by atoms with Gasteiger partial charge in [-0.1, -0.05) is 170 Å². The van der Waals surface area contributed by atoms with E-state index in [9.17, 15) is 10.2 Å². The lowest BCUT2D eigenvalue weighted by molar-refractivity contribution is 0.0748. The molecule has 0 unspecified atom stereocenters. The maximum atomic E-state index is 12.9. The van der Waals surface area contributed by atoms with Gasteiger partial charge in [-0.2, -0.15) is 0 Å². The molecule has 8 aromatic rings. The summed E-state index contributed by atoms with van der Waals surface area (Å²) in [7, 11) is 0. The number of aliphatic hydroxyl groups is 2. The molecule has 1 aliphatic carbocycles. The number of hydrogen-bond donors (Lipinski definition) is 2. The molecule has 1 aliphatic rings. The maximum absolute atomic E-state index is 12.9. The Morgan fingerprint density at radius 3 is 0.917 bits per heavy atom. The van der Waals surface area contributed by atoms with Gasteiger partial charge >= 0.3 is 0 Å². The summed E-state index contributed by atoms with van der Waals surface area (Å²) in [5.41, 5.74) is 5.65. The van der Waals surface area contributed by atoms with Gasteiger partial charge < -0.3 is 10.2 Å². The van der Waals surface area contributed by atoms with Crippen LogP contribution in [0, 0.1) is 0 Å². The molecule has 0 saturated carbocycles. The molecule has 2 nitrogen and oxygen atoms in total. The van der Waals surface area contributed by atoms with Gasteiger partial charge in [0.25, 0.3) is 0 Å². The van der Waals surface area contributed by atoms with Crippen molar-refractivity contribution >= 4 is 21.5 Å². The predicted octanol–water partition coefficient (Wildman–Crippen LogP) is 10.2. The molecule has 2 heteroatoms. The molecule has 0 atom stereocenters. The minimum absolute atomic E-state index is 0.670. The van der Waals surface area contributed by atoms with Crippen LogP contribution in [0.25, 0.3) is 43.8 Å². The van der Waals surface area contributed by atoms with Gasteiger partial charge in [-0.05, 0) is 89.3 Å². The monoisotopic (exact) mass is 616 g/mol. The second-order valence-electron chi connectivity index (χ2n) is 12.8. The molecular formula is C46H32O2. The largest absolute Gasteiger partial charge is 0.376 e. The molecular weight excluding hydrogens is 585 g/mol. The average molecular weight is 617 g/mol. The first-order chi connectivity index (χ1) is 23.5. The molecule has 0 aromatic heterocycles. The standard InChI is InChI=1S/C46H32O2/c47-45(39-25-21-33(22-26-39)37-19-17-31-9-1-3-11-35(31)29-37)41-13-5-7-15-43(41)46(48,44-16-8-6-14-42(44)45)40-27-23-34(24-28-40)38-20-18-32-10-2-4-12-36(32)30-38/h1-30,47-48H. The molecule has 0 saturated heterocycles. The highest BCUT2D eigenvalue weighted by atomic mass is 16.3. The van der Waals surface area contributed by atoms with Crippen molar-refractivity contribution in [2.75, 3.05) is 0 Å². The van der Waals surface area contributed by atoms with E-state index in [0.717, 1.165) is 33.4 Å². The average Bonchev–Trinajstić information content (AvgIpc) is 3.17. The fraction of sp³-hybridized carbons (Fsp3) is 0.0435. The lowest BCUT2D eigenvalue weighted by Gasteiger charge is -2.45. The molecule has 0 spiro atoms. The zero-order chi connectivity index (χ0) is 32.3. The van der Waals surface area contributed by atoms with E-state index in [0.29, 0.717) is 22.3 Å². The van der Waals surface area contributed by atoms with Crippen molar-refractivity contribution in [2.24, 2.45) is 0 Å². The van der Waals surface area contributed by atoms with Crippen molar-refractivity contribution in [1.29, 1.82) is 0 Å². The number of hydrogen-bond acceptors (Lipinski definition) is 2. The van der Waals surface area contributed by atoms with Gasteiger partial charge in [0, 0.05) is 0 Å². The van der Waals surface area contributed by atoms with E-state index >= 15 is 0 Å². The fourth-order valence-electron chi connectivity index (χ4n) is 7.69. The van der Waals surface area contributed by atoms with Crippen LogP contribution in [0.2, 0.25) is 0 Å². The smallest absolute Gasteiger partial charge is 0.141 e. The van der Waals surface area contributed by atoms with E-state index < -0.39 is 11.2 Å². The third kappa shape index (κ3) is 4.28. The minimum atomic E-state index is -1.47. The summed E-state index contributed by atoms with van der Waals surface area (Å²) >= 11 is 0. The van der Waals surface area contributed by atoms with Crippen LogP contribution in [0.3, 0.4) is 0 Å².